The van der Waals surface area contributed by atoms with Gasteiger partial charge in [-0.25, -0.2) is 4.57 Å². The molecular formula is C82H150N2O6P+. The molecule has 0 bridgehead atoms. The number of amides is 1. The number of nitrogens with one attached hydrogen (secondary N) is 1. The van der Waals surface area contributed by atoms with Crippen LogP contribution >= 0.6 is 7.82 Å². The molecular weight excluding hydrogens is 1140 g/mol. The largest absolute Gasteiger partial charge is 0.472 e. The summed E-state index contributed by atoms with van der Waals surface area (Å²) in [5, 5.41) is 14.0. The topological polar surface area (TPSA) is 105 Å². The van der Waals surface area contributed by atoms with Gasteiger partial charge in [-0.2, -0.15) is 0 Å². The second-order valence-electron chi connectivity index (χ2n) is 27.4. The molecule has 0 aromatic heterocycles. The first-order valence-electron chi connectivity index (χ1n) is 38.8. The summed E-state index contributed by atoms with van der Waals surface area (Å²) in [7, 11) is 1.58. The van der Waals surface area contributed by atoms with Crippen LogP contribution in [0.1, 0.15) is 354 Å². The Bertz CT molecular complexity index is 1860. The van der Waals surface area contributed by atoms with Gasteiger partial charge >= 0.3 is 7.82 Å². The lowest BCUT2D eigenvalue weighted by Gasteiger charge is -2.25. The van der Waals surface area contributed by atoms with E-state index in [-0.39, 0.29) is 19.1 Å². The molecule has 0 saturated heterocycles. The van der Waals surface area contributed by atoms with Gasteiger partial charge in [0.15, 0.2) is 0 Å². The molecule has 9 heteroatoms. The van der Waals surface area contributed by atoms with Crippen LogP contribution in [0, 0.1) is 0 Å². The van der Waals surface area contributed by atoms with Gasteiger partial charge < -0.3 is 19.8 Å². The lowest BCUT2D eigenvalue weighted by molar-refractivity contribution is -0.870. The van der Waals surface area contributed by atoms with E-state index < -0.39 is 20.0 Å². The van der Waals surface area contributed by atoms with Crippen LogP contribution in [0.3, 0.4) is 0 Å². The molecule has 3 unspecified atom stereocenters. The summed E-state index contributed by atoms with van der Waals surface area (Å²) >= 11 is 0. The monoisotopic (exact) mass is 1290 g/mol. The van der Waals surface area contributed by atoms with Gasteiger partial charge in [0.25, 0.3) is 0 Å². The van der Waals surface area contributed by atoms with Gasteiger partial charge in [0, 0.05) is 6.42 Å². The Hall–Kier alpha value is -2.84. The van der Waals surface area contributed by atoms with Gasteiger partial charge in [-0.1, -0.05) is 374 Å². The van der Waals surface area contributed by atoms with Gasteiger partial charge in [0.05, 0.1) is 39.9 Å². The minimum Gasteiger partial charge on any atom is -0.387 e. The van der Waals surface area contributed by atoms with E-state index in [9.17, 15) is 19.4 Å². The molecule has 3 N–H and O–H groups in total. The Morgan fingerprint density at radius 2 is 0.659 bits per heavy atom. The number of phosphoric acid groups is 1. The van der Waals surface area contributed by atoms with Crippen molar-refractivity contribution < 1.29 is 32.9 Å². The second-order valence-corrected chi connectivity index (χ2v) is 28.8. The highest BCUT2D eigenvalue weighted by molar-refractivity contribution is 7.47. The molecule has 528 valence electrons. The molecule has 8 nitrogen and oxygen atoms in total. The van der Waals surface area contributed by atoms with E-state index in [1.165, 1.54) is 244 Å². The van der Waals surface area contributed by atoms with Gasteiger partial charge in [-0.05, 0) is 83.5 Å². The summed E-state index contributed by atoms with van der Waals surface area (Å²) in [6.07, 6.45) is 105. The van der Waals surface area contributed by atoms with E-state index in [0.717, 1.165) is 89.9 Å². The Kier molecular flexibility index (Phi) is 69.2. The molecule has 0 aliphatic carbocycles. The number of likely N-dealkylation sites (N-methyl/N-ethyl adjacent to an activating group) is 1. The number of quaternary nitrogens is 1. The maximum atomic E-state index is 13.1. The van der Waals surface area contributed by atoms with Crippen LogP contribution in [0.5, 0.6) is 0 Å². The molecule has 0 spiro atoms. The van der Waals surface area contributed by atoms with E-state index in [4.69, 9.17) is 9.05 Å². The van der Waals surface area contributed by atoms with E-state index in [1.54, 1.807) is 6.08 Å². The molecule has 3 atom stereocenters. The number of aliphatic hydroxyl groups excluding tert-OH is 1. The highest BCUT2D eigenvalue weighted by Crippen LogP contribution is 2.43. The number of hydrogen-bond donors (Lipinski definition) is 3. The van der Waals surface area contributed by atoms with Crippen molar-refractivity contribution in [1.82, 2.24) is 5.32 Å². The standard InChI is InChI=1S/C82H149N2O6P/c1-6-8-10-12-14-16-18-20-22-24-26-28-30-32-34-36-37-38-39-40-41-42-43-44-45-46-47-48-50-52-54-56-58-60-62-64-66-68-70-72-74-76-82(86)83-80(79-90-91(87,88)89-78-77-84(3,4)5)81(85)75-73-71-69-67-65-63-61-59-57-55-53-51-49-35-33-31-29-27-25-23-21-19-17-15-13-11-9-7-2/h8,10,14,16,20,22,26,28,32,34,37-38,40-41,43-44,73,75,80-81,85H,6-7,9,11-13,15,17-19,21,23-25,27,29-31,33,35-36,39,42,45-72,74,76-79H2,1-5H3,(H-,83,86,87,88)/p+1/b10-8-,16-14-,22-20-,28-26-,34-32-,38-37-,41-40-,44-43-,75-73+. The predicted octanol–water partition coefficient (Wildman–Crippen LogP) is 25.4. The first kappa shape index (κ1) is 88.2. The highest BCUT2D eigenvalue weighted by Gasteiger charge is 2.28. The fourth-order valence-corrected chi connectivity index (χ4v) is 12.0. The molecule has 0 aliphatic heterocycles. The van der Waals surface area contributed by atoms with Crippen molar-refractivity contribution in [1.29, 1.82) is 0 Å². The third-order valence-electron chi connectivity index (χ3n) is 17.2. The average molecular weight is 1290 g/mol. The second kappa shape index (κ2) is 71.5. The number of nitrogens with zero attached hydrogens (tertiary/aromatic N) is 1. The van der Waals surface area contributed by atoms with E-state index in [1.807, 2.05) is 27.2 Å². The molecule has 1 amide bonds. The van der Waals surface area contributed by atoms with Crippen LogP contribution in [0.15, 0.2) is 109 Å². The van der Waals surface area contributed by atoms with E-state index >= 15 is 0 Å². The number of aliphatic hydroxyl groups is 1. The molecule has 0 aromatic rings. The van der Waals surface area contributed by atoms with Crippen molar-refractivity contribution in [3.63, 3.8) is 0 Å². The predicted molar refractivity (Wildman–Crippen MR) is 401 cm³/mol. The van der Waals surface area contributed by atoms with Crippen molar-refractivity contribution in [2.75, 3.05) is 40.9 Å². The molecule has 0 aliphatic rings. The van der Waals surface area contributed by atoms with Crippen LogP contribution in [0.25, 0.3) is 0 Å². The summed E-state index contributed by atoms with van der Waals surface area (Å²) in [5.41, 5.74) is 0. The summed E-state index contributed by atoms with van der Waals surface area (Å²) in [6.45, 7) is 4.74. The number of unbranched alkanes of at least 4 members (excludes halogenated alkanes) is 42. The molecule has 0 radical (unpaired) electrons. The number of phosphoric ester groups is 1. The van der Waals surface area contributed by atoms with Crippen LogP contribution < -0.4 is 5.32 Å². The minimum atomic E-state index is -4.36. The first-order valence-corrected chi connectivity index (χ1v) is 40.3. The van der Waals surface area contributed by atoms with Crippen molar-refractivity contribution in [2.24, 2.45) is 0 Å². The zero-order valence-corrected chi connectivity index (χ0v) is 61.5. The zero-order valence-electron chi connectivity index (χ0n) is 60.6. The van der Waals surface area contributed by atoms with Crippen molar-refractivity contribution in [3.05, 3.63) is 109 Å². The molecule has 0 saturated carbocycles. The van der Waals surface area contributed by atoms with Gasteiger partial charge in [-0.3, -0.25) is 13.8 Å². The fraction of sp³-hybridized carbons (Fsp3) is 0.768. The summed E-state index contributed by atoms with van der Waals surface area (Å²) < 4.78 is 23.9. The number of carbonyl (C=O) groups excluding carboxylic acids is 1. The van der Waals surface area contributed by atoms with Crippen LogP contribution in [-0.4, -0.2) is 73.4 Å². The maximum absolute atomic E-state index is 13.1. The summed E-state index contributed by atoms with van der Waals surface area (Å²) in [4.78, 5) is 23.5. The normalized spacial score (nSPS) is 14.1. The quantitative estimate of drug-likeness (QED) is 0.0243. The number of allylic oxidation sites excluding steroid dienone is 17. The molecule has 0 rings (SSSR count). The Labute approximate surface area is 565 Å². The van der Waals surface area contributed by atoms with Crippen LogP contribution in [0.2, 0.25) is 0 Å². The SMILES string of the molecule is CC/C=C\C/C=C\C/C=C\C/C=C\C/C=C\C/C=C\C/C=C\C/C=C\CCCCCCCCCCCCCCCCCCC(=O)NC(COP(=O)(O)OCC[N+](C)(C)C)C(O)/C=C/CCCCCCCCCCCCCCCCCCCCCCCCCCCC. The summed E-state index contributed by atoms with van der Waals surface area (Å²) in [5.74, 6) is -0.175. The average Bonchev–Trinajstić information content (AvgIpc) is 3.59. The molecule has 0 heterocycles. The third kappa shape index (κ3) is 74.4. The Morgan fingerprint density at radius 3 is 0.967 bits per heavy atom. The Morgan fingerprint density at radius 1 is 0.385 bits per heavy atom. The third-order valence-corrected chi connectivity index (χ3v) is 18.2. The Balaban J connectivity index is 4.01. The lowest BCUT2D eigenvalue weighted by atomic mass is 10.0. The van der Waals surface area contributed by atoms with Gasteiger partial charge in [0.1, 0.15) is 13.2 Å². The van der Waals surface area contributed by atoms with Gasteiger partial charge in [0.2, 0.25) is 5.91 Å². The highest BCUT2D eigenvalue weighted by atomic mass is 31.2. The fourth-order valence-electron chi connectivity index (χ4n) is 11.3. The first-order chi connectivity index (χ1) is 44.5. The smallest absolute Gasteiger partial charge is 0.387 e. The van der Waals surface area contributed by atoms with Gasteiger partial charge in [-0.15, -0.1) is 0 Å². The van der Waals surface area contributed by atoms with Crippen molar-refractivity contribution in [3.8, 4) is 0 Å². The zero-order chi connectivity index (χ0) is 66.2. The molecule has 0 fully saturated rings. The summed E-state index contributed by atoms with van der Waals surface area (Å²) in [6, 6.07) is -0.853. The minimum absolute atomic E-state index is 0.0595. The van der Waals surface area contributed by atoms with Crippen molar-refractivity contribution >= 4 is 13.7 Å². The number of hydrogen-bond acceptors (Lipinski definition) is 5. The van der Waals surface area contributed by atoms with E-state index in [0.29, 0.717) is 17.4 Å². The molecule has 0 aromatic carbocycles. The maximum Gasteiger partial charge on any atom is 0.472 e. The van der Waals surface area contributed by atoms with E-state index in [2.05, 4.69) is 116 Å². The molecule has 91 heavy (non-hydrogen) atoms. The van der Waals surface area contributed by atoms with Crippen LogP contribution in [0.4, 0.5) is 0 Å². The number of carbonyl (C=O) groups is 1. The number of rotatable bonds is 71. The lowest BCUT2D eigenvalue weighted by Crippen LogP contribution is -2.45. The van der Waals surface area contributed by atoms with Crippen molar-refractivity contribution in [2.45, 2.75) is 366 Å². The van der Waals surface area contributed by atoms with Crippen LogP contribution in [-0.2, 0) is 18.4 Å².